The van der Waals surface area contributed by atoms with Crippen molar-refractivity contribution in [2.75, 3.05) is 18.6 Å². The zero-order valence-electron chi connectivity index (χ0n) is 10.3. The molecule has 7 heteroatoms. The molecule has 2 unspecified atom stereocenters. The summed E-state index contributed by atoms with van der Waals surface area (Å²) < 4.78 is 28.1. The van der Waals surface area contributed by atoms with E-state index in [1.165, 1.54) is 0 Å². The molecule has 0 bridgehead atoms. The lowest BCUT2D eigenvalue weighted by molar-refractivity contribution is -0.134. The van der Waals surface area contributed by atoms with Crippen molar-refractivity contribution in [2.24, 2.45) is 0 Å². The smallest absolute Gasteiger partial charge is 0.223 e. The predicted molar refractivity (Wildman–Crippen MR) is 68.4 cm³/mol. The Morgan fingerprint density at radius 1 is 1.44 bits per heavy atom. The van der Waals surface area contributed by atoms with Gasteiger partial charge in [0.25, 0.3) is 0 Å². The number of sulfone groups is 1. The summed E-state index contributed by atoms with van der Waals surface area (Å²) in [6.45, 7) is 0. The summed E-state index contributed by atoms with van der Waals surface area (Å²) in [6, 6.07) is -0.474. The van der Waals surface area contributed by atoms with Gasteiger partial charge in [-0.15, -0.1) is 11.6 Å². The number of carbonyl (C=O) groups excluding carboxylic acids is 1. The van der Waals surface area contributed by atoms with Crippen LogP contribution in [0.1, 0.15) is 25.7 Å². The molecule has 1 amide bonds. The molecule has 104 valence electrons. The third kappa shape index (κ3) is 2.97. The average molecular weight is 296 g/mol. The average Bonchev–Trinajstić information content (AvgIpc) is 2.46. The summed E-state index contributed by atoms with van der Waals surface area (Å²) in [6.07, 6.45) is 3.11. The monoisotopic (exact) mass is 295 g/mol. The van der Waals surface area contributed by atoms with Gasteiger partial charge in [0.2, 0.25) is 5.91 Å². The fourth-order valence-corrected chi connectivity index (χ4v) is 5.06. The maximum Gasteiger partial charge on any atom is 0.223 e. The topological polar surface area (TPSA) is 72.5 Å². The van der Waals surface area contributed by atoms with Crippen LogP contribution in [0.15, 0.2) is 0 Å². The lowest BCUT2D eigenvalue weighted by atomic mass is 9.77. The molecule has 0 aromatic carbocycles. The van der Waals surface area contributed by atoms with Crippen molar-refractivity contribution in [1.82, 2.24) is 5.32 Å². The summed E-state index contributed by atoms with van der Waals surface area (Å²) >= 11 is 5.93. The fraction of sp³-hybridized carbons (Fsp3) is 0.909. The van der Waals surface area contributed by atoms with Crippen molar-refractivity contribution >= 4 is 27.3 Å². The van der Waals surface area contributed by atoms with E-state index in [1.807, 2.05) is 0 Å². The Bertz CT molecular complexity index is 427. The standard InChI is InChI=1S/C11H18ClNO4S/c1-17-11(3-2-4-11)5-10(14)13-9-7-18(15,16)6-8(9)12/h8-9H,2-7H2,1H3,(H,13,14). The molecule has 18 heavy (non-hydrogen) atoms. The van der Waals surface area contributed by atoms with Gasteiger partial charge in [-0.1, -0.05) is 0 Å². The van der Waals surface area contributed by atoms with E-state index >= 15 is 0 Å². The SMILES string of the molecule is COC1(CC(=O)NC2CS(=O)(=O)CC2Cl)CCC1. The number of rotatable bonds is 4. The second-order valence-electron chi connectivity index (χ2n) is 5.18. The van der Waals surface area contributed by atoms with E-state index in [9.17, 15) is 13.2 Å². The first-order valence-electron chi connectivity index (χ1n) is 6.05. The number of methoxy groups -OCH3 is 1. The van der Waals surface area contributed by atoms with Gasteiger partial charge in [0.05, 0.1) is 34.9 Å². The second kappa shape index (κ2) is 4.98. The summed E-state index contributed by atoms with van der Waals surface area (Å²) in [5.41, 5.74) is -0.344. The molecular formula is C11H18ClNO4S. The Morgan fingerprint density at radius 2 is 2.11 bits per heavy atom. The molecule has 2 rings (SSSR count). The molecule has 2 atom stereocenters. The van der Waals surface area contributed by atoms with Gasteiger partial charge in [-0.2, -0.15) is 0 Å². The molecule has 0 spiro atoms. The Labute approximate surface area is 112 Å². The highest BCUT2D eigenvalue weighted by Gasteiger charge is 2.41. The highest BCUT2D eigenvalue weighted by atomic mass is 35.5. The van der Waals surface area contributed by atoms with Gasteiger partial charge in [0.15, 0.2) is 9.84 Å². The number of hydrogen-bond donors (Lipinski definition) is 1. The molecule has 1 aliphatic heterocycles. The zero-order valence-corrected chi connectivity index (χ0v) is 11.9. The van der Waals surface area contributed by atoms with Crippen molar-refractivity contribution in [1.29, 1.82) is 0 Å². The van der Waals surface area contributed by atoms with Crippen LogP contribution in [0.2, 0.25) is 0 Å². The van der Waals surface area contributed by atoms with Gasteiger partial charge in [0.1, 0.15) is 0 Å². The van der Waals surface area contributed by atoms with Gasteiger partial charge >= 0.3 is 0 Å². The third-order valence-electron chi connectivity index (χ3n) is 3.81. The van der Waals surface area contributed by atoms with E-state index in [4.69, 9.17) is 16.3 Å². The minimum atomic E-state index is -3.11. The summed E-state index contributed by atoms with van der Waals surface area (Å²) in [7, 11) is -1.50. The minimum absolute atomic E-state index is 0.0606. The van der Waals surface area contributed by atoms with Gasteiger partial charge in [-0.25, -0.2) is 8.42 Å². The third-order valence-corrected chi connectivity index (χ3v) is 6.19. The Morgan fingerprint density at radius 3 is 2.50 bits per heavy atom. The van der Waals surface area contributed by atoms with Crippen molar-refractivity contribution in [2.45, 2.75) is 42.7 Å². The van der Waals surface area contributed by atoms with Crippen LogP contribution in [0.3, 0.4) is 0 Å². The molecule has 1 heterocycles. The quantitative estimate of drug-likeness (QED) is 0.765. The first kappa shape index (κ1) is 14.1. The van der Waals surface area contributed by atoms with E-state index in [0.29, 0.717) is 0 Å². The summed E-state index contributed by atoms with van der Waals surface area (Å²) in [4.78, 5) is 11.9. The summed E-state index contributed by atoms with van der Waals surface area (Å²) in [5.74, 6) is -0.300. The molecule has 5 nitrogen and oxygen atoms in total. The zero-order chi connectivity index (χ0) is 13.4. The van der Waals surface area contributed by atoms with E-state index in [1.54, 1.807) is 7.11 Å². The normalized spacial score (nSPS) is 32.8. The number of alkyl halides is 1. The van der Waals surface area contributed by atoms with Gasteiger partial charge in [-0.3, -0.25) is 4.79 Å². The first-order chi connectivity index (χ1) is 8.36. The predicted octanol–water partition coefficient (Wildman–Crippen LogP) is 0.466. The molecule has 1 saturated carbocycles. The maximum absolute atomic E-state index is 11.9. The lowest BCUT2D eigenvalue weighted by Crippen LogP contribution is -2.47. The number of amides is 1. The van der Waals surface area contributed by atoms with Crippen LogP contribution in [0.5, 0.6) is 0 Å². The first-order valence-corrected chi connectivity index (χ1v) is 8.31. The van der Waals surface area contributed by atoms with Gasteiger partial charge < -0.3 is 10.1 Å². The van der Waals surface area contributed by atoms with Crippen molar-refractivity contribution in [3.8, 4) is 0 Å². The Balaban J connectivity index is 1.88. The van der Waals surface area contributed by atoms with Crippen molar-refractivity contribution < 1.29 is 17.9 Å². The van der Waals surface area contributed by atoms with E-state index in [0.717, 1.165) is 19.3 Å². The number of halogens is 1. The molecule has 1 saturated heterocycles. The molecule has 2 aliphatic rings. The highest BCUT2D eigenvalue weighted by molar-refractivity contribution is 7.91. The van der Waals surface area contributed by atoms with Gasteiger partial charge in [0, 0.05) is 7.11 Å². The molecule has 2 fully saturated rings. The van der Waals surface area contributed by atoms with Crippen molar-refractivity contribution in [3.63, 3.8) is 0 Å². The van der Waals surface area contributed by atoms with Crippen LogP contribution in [0.4, 0.5) is 0 Å². The Kier molecular flexibility index (Phi) is 3.90. The van der Waals surface area contributed by atoms with E-state index in [2.05, 4.69) is 5.32 Å². The lowest BCUT2D eigenvalue weighted by Gasteiger charge is -2.40. The van der Waals surface area contributed by atoms with Crippen LogP contribution >= 0.6 is 11.6 Å². The number of hydrogen-bond acceptors (Lipinski definition) is 4. The Hall–Kier alpha value is -0.330. The number of carbonyl (C=O) groups is 1. The van der Waals surface area contributed by atoms with E-state index < -0.39 is 21.3 Å². The van der Waals surface area contributed by atoms with Gasteiger partial charge in [-0.05, 0) is 19.3 Å². The summed E-state index contributed by atoms with van der Waals surface area (Å²) in [5, 5.41) is 2.18. The molecule has 0 aromatic heterocycles. The van der Waals surface area contributed by atoms with Crippen LogP contribution < -0.4 is 5.32 Å². The fourth-order valence-electron chi connectivity index (χ4n) is 2.51. The van der Waals surface area contributed by atoms with Crippen LogP contribution in [0.25, 0.3) is 0 Å². The number of nitrogens with one attached hydrogen (secondary N) is 1. The van der Waals surface area contributed by atoms with Crippen LogP contribution in [0, 0.1) is 0 Å². The van der Waals surface area contributed by atoms with E-state index in [-0.39, 0.29) is 29.4 Å². The highest BCUT2D eigenvalue weighted by Crippen LogP contribution is 2.38. The van der Waals surface area contributed by atoms with Crippen molar-refractivity contribution in [3.05, 3.63) is 0 Å². The van der Waals surface area contributed by atoms with Crippen LogP contribution in [-0.4, -0.2) is 50.0 Å². The number of ether oxygens (including phenoxy) is 1. The molecule has 0 radical (unpaired) electrons. The largest absolute Gasteiger partial charge is 0.378 e. The molecule has 0 aromatic rings. The minimum Gasteiger partial charge on any atom is -0.378 e. The molecule has 1 N–H and O–H groups in total. The molecular weight excluding hydrogens is 278 g/mol. The molecule has 1 aliphatic carbocycles. The van der Waals surface area contributed by atoms with Crippen LogP contribution in [-0.2, 0) is 19.4 Å². The maximum atomic E-state index is 11.9. The second-order valence-corrected chi connectivity index (χ2v) is 7.90.